The minimum Gasteiger partial charge on any atom is -0.391 e. The zero-order valence-corrected chi connectivity index (χ0v) is 11.8. The third kappa shape index (κ3) is 2.93. The molecule has 1 aromatic carbocycles. The second-order valence-electron chi connectivity index (χ2n) is 5.73. The molecule has 3 rings (SSSR count). The van der Waals surface area contributed by atoms with Crippen molar-refractivity contribution in [2.75, 3.05) is 0 Å². The van der Waals surface area contributed by atoms with Crippen molar-refractivity contribution in [2.45, 2.75) is 44.8 Å². The predicted molar refractivity (Wildman–Crippen MR) is 80.2 cm³/mol. The molecular formula is C17H22N2O. The summed E-state index contributed by atoms with van der Waals surface area (Å²) >= 11 is 0. The standard InChI is InChI=1S/C17H22N2O/c20-16(14-7-3-1-4-8-14)13-19-12-11-18-17(19)15-9-5-2-6-10-15/h2,5-6,9-12,14,16,20H,1,3-4,7-8,13H2. The second kappa shape index (κ2) is 6.23. The molecule has 0 radical (unpaired) electrons. The Morgan fingerprint density at radius 3 is 2.65 bits per heavy atom. The molecule has 3 heteroatoms. The first kappa shape index (κ1) is 13.4. The molecule has 2 aromatic rings. The van der Waals surface area contributed by atoms with Gasteiger partial charge in [-0.2, -0.15) is 0 Å². The van der Waals surface area contributed by atoms with Gasteiger partial charge in [0.05, 0.1) is 12.6 Å². The van der Waals surface area contributed by atoms with Crippen molar-refractivity contribution in [3.05, 3.63) is 42.7 Å². The van der Waals surface area contributed by atoms with E-state index in [0.29, 0.717) is 12.5 Å². The molecule has 20 heavy (non-hydrogen) atoms. The van der Waals surface area contributed by atoms with Crippen molar-refractivity contribution in [3.8, 4) is 11.4 Å². The molecule has 1 heterocycles. The fraction of sp³-hybridized carbons (Fsp3) is 0.471. The van der Waals surface area contributed by atoms with Crippen LogP contribution in [-0.2, 0) is 6.54 Å². The zero-order chi connectivity index (χ0) is 13.8. The fourth-order valence-corrected chi connectivity index (χ4v) is 3.17. The summed E-state index contributed by atoms with van der Waals surface area (Å²) < 4.78 is 2.08. The minimum absolute atomic E-state index is 0.257. The van der Waals surface area contributed by atoms with Crippen molar-refractivity contribution in [1.82, 2.24) is 9.55 Å². The van der Waals surface area contributed by atoms with Crippen LogP contribution in [0.4, 0.5) is 0 Å². The Balaban J connectivity index is 1.73. The van der Waals surface area contributed by atoms with Gasteiger partial charge in [-0.3, -0.25) is 0 Å². The van der Waals surface area contributed by atoms with Crippen molar-refractivity contribution >= 4 is 0 Å². The highest BCUT2D eigenvalue weighted by Crippen LogP contribution is 2.28. The topological polar surface area (TPSA) is 38.0 Å². The maximum absolute atomic E-state index is 10.5. The number of nitrogens with zero attached hydrogens (tertiary/aromatic N) is 2. The van der Waals surface area contributed by atoms with Crippen molar-refractivity contribution in [3.63, 3.8) is 0 Å². The van der Waals surface area contributed by atoms with E-state index in [-0.39, 0.29) is 6.10 Å². The maximum atomic E-state index is 10.5. The van der Waals surface area contributed by atoms with E-state index >= 15 is 0 Å². The van der Waals surface area contributed by atoms with Crippen LogP contribution in [0.5, 0.6) is 0 Å². The molecule has 0 saturated heterocycles. The first-order valence-corrected chi connectivity index (χ1v) is 7.59. The smallest absolute Gasteiger partial charge is 0.139 e. The van der Waals surface area contributed by atoms with Crippen LogP contribution < -0.4 is 0 Å². The van der Waals surface area contributed by atoms with Gasteiger partial charge in [-0.1, -0.05) is 49.6 Å². The van der Waals surface area contributed by atoms with Gasteiger partial charge < -0.3 is 9.67 Å². The van der Waals surface area contributed by atoms with E-state index in [1.165, 1.54) is 19.3 Å². The molecule has 0 aliphatic heterocycles. The lowest BCUT2D eigenvalue weighted by atomic mass is 9.85. The van der Waals surface area contributed by atoms with E-state index in [1.807, 2.05) is 30.6 Å². The predicted octanol–water partition coefficient (Wildman–Crippen LogP) is 3.49. The third-order valence-electron chi connectivity index (χ3n) is 4.33. The summed E-state index contributed by atoms with van der Waals surface area (Å²) in [6.07, 6.45) is 9.70. The highest BCUT2D eigenvalue weighted by atomic mass is 16.3. The van der Waals surface area contributed by atoms with Crippen LogP contribution in [-0.4, -0.2) is 20.8 Å². The number of imidazole rings is 1. The number of hydrogen-bond acceptors (Lipinski definition) is 2. The highest BCUT2D eigenvalue weighted by molar-refractivity contribution is 5.55. The molecule has 0 spiro atoms. The molecule has 3 nitrogen and oxygen atoms in total. The van der Waals surface area contributed by atoms with Gasteiger partial charge in [-0.25, -0.2) is 4.98 Å². The molecular weight excluding hydrogens is 248 g/mol. The lowest BCUT2D eigenvalue weighted by molar-refractivity contribution is 0.0700. The second-order valence-corrected chi connectivity index (χ2v) is 5.73. The van der Waals surface area contributed by atoms with Crippen molar-refractivity contribution in [2.24, 2.45) is 5.92 Å². The van der Waals surface area contributed by atoms with Gasteiger partial charge >= 0.3 is 0 Å². The van der Waals surface area contributed by atoms with E-state index in [1.54, 1.807) is 0 Å². The van der Waals surface area contributed by atoms with E-state index in [9.17, 15) is 5.11 Å². The van der Waals surface area contributed by atoms with Crippen LogP contribution in [0.25, 0.3) is 11.4 Å². The number of aromatic nitrogens is 2. The zero-order valence-electron chi connectivity index (χ0n) is 11.8. The van der Waals surface area contributed by atoms with Gasteiger partial charge in [0, 0.05) is 18.0 Å². The summed E-state index contributed by atoms with van der Waals surface area (Å²) in [7, 11) is 0. The van der Waals surface area contributed by atoms with Gasteiger partial charge in [0.2, 0.25) is 0 Å². The Labute approximate surface area is 120 Å². The Morgan fingerprint density at radius 2 is 1.90 bits per heavy atom. The van der Waals surface area contributed by atoms with E-state index in [2.05, 4.69) is 21.7 Å². The van der Waals surface area contributed by atoms with Crippen LogP contribution in [0.2, 0.25) is 0 Å². The Kier molecular flexibility index (Phi) is 4.16. The number of hydrogen-bond donors (Lipinski definition) is 1. The fourth-order valence-electron chi connectivity index (χ4n) is 3.17. The van der Waals surface area contributed by atoms with Crippen molar-refractivity contribution in [1.29, 1.82) is 0 Å². The van der Waals surface area contributed by atoms with Gasteiger partial charge in [0.1, 0.15) is 5.82 Å². The number of rotatable bonds is 4. The monoisotopic (exact) mass is 270 g/mol. The third-order valence-corrected chi connectivity index (χ3v) is 4.33. The lowest BCUT2D eigenvalue weighted by Crippen LogP contribution is -2.27. The number of aliphatic hydroxyl groups excluding tert-OH is 1. The van der Waals surface area contributed by atoms with E-state index in [0.717, 1.165) is 24.2 Å². The first-order valence-electron chi connectivity index (χ1n) is 7.59. The van der Waals surface area contributed by atoms with Gasteiger partial charge in [-0.05, 0) is 18.8 Å². The summed E-state index contributed by atoms with van der Waals surface area (Å²) in [4.78, 5) is 4.44. The molecule has 1 atom stereocenters. The first-order chi connectivity index (χ1) is 9.84. The van der Waals surface area contributed by atoms with Crippen LogP contribution >= 0.6 is 0 Å². The van der Waals surface area contributed by atoms with Crippen LogP contribution in [0.15, 0.2) is 42.7 Å². The SMILES string of the molecule is OC(Cn1ccnc1-c1ccccc1)C1CCCCC1. The normalized spacial score (nSPS) is 18.1. The average molecular weight is 270 g/mol. The van der Waals surface area contributed by atoms with E-state index in [4.69, 9.17) is 0 Å². The van der Waals surface area contributed by atoms with Crippen LogP contribution in [0, 0.1) is 5.92 Å². The number of aliphatic hydroxyl groups is 1. The van der Waals surface area contributed by atoms with Crippen molar-refractivity contribution < 1.29 is 5.11 Å². The van der Waals surface area contributed by atoms with Crippen LogP contribution in [0.3, 0.4) is 0 Å². The average Bonchev–Trinajstić information content (AvgIpc) is 2.97. The number of benzene rings is 1. The summed E-state index contributed by atoms with van der Waals surface area (Å²) in [6.45, 7) is 0.648. The molecule has 1 fully saturated rings. The lowest BCUT2D eigenvalue weighted by Gasteiger charge is -2.27. The Morgan fingerprint density at radius 1 is 1.15 bits per heavy atom. The molecule has 0 amide bonds. The van der Waals surface area contributed by atoms with Gasteiger partial charge in [0.15, 0.2) is 0 Å². The molecule has 1 aliphatic carbocycles. The Hall–Kier alpha value is -1.61. The Bertz CT molecular complexity index is 529. The molecule has 0 bridgehead atoms. The quantitative estimate of drug-likeness (QED) is 0.923. The minimum atomic E-state index is -0.257. The summed E-state index contributed by atoms with van der Waals surface area (Å²) in [5.41, 5.74) is 1.10. The molecule has 1 unspecified atom stereocenters. The summed E-state index contributed by atoms with van der Waals surface area (Å²) in [5, 5.41) is 10.5. The summed E-state index contributed by atoms with van der Waals surface area (Å²) in [6, 6.07) is 10.2. The molecule has 106 valence electrons. The molecule has 1 aliphatic rings. The molecule has 1 N–H and O–H groups in total. The largest absolute Gasteiger partial charge is 0.391 e. The van der Waals surface area contributed by atoms with E-state index < -0.39 is 0 Å². The summed E-state index contributed by atoms with van der Waals surface area (Å²) in [5.74, 6) is 1.40. The molecule has 1 aromatic heterocycles. The maximum Gasteiger partial charge on any atom is 0.139 e. The highest BCUT2D eigenvalue weighted by Gasteiger charge is 2.22. The van der Waals surface area contributed by atoms with Gasteiger partial charge in [0.25, 0.3) is 0 Å². The van der Waals surface area contributed by atoms with Crippen LogP contribution in [0.1, 0.15) is 32.1 Å². The van der Waals surface area contributed by atoms with Gasteiger partial charge in [-0.15, -0.1) is 0 Å². The molecule has 1 saturated carbocycles.